The second-order valence-electron chi connectivity index (χ2n) is 12.1. The molecule has 0 atom stereocenters. The fraction of sp³-hybridized carbons (Fsp3) is 0.200. The summed E-state index contributed by atoms with van der Waals surface area (Å²) in [6, 6.07) is 34.1. The first-order valence-corrected chi connectivity index (χ1v) is 15.7. The van der Waals surface area contributed by atoms with E-state index in [0.29, 0.717) is 17.4 Å². The third kappa shape index (κ3) is 5.92. The van der Waals surface area contributed by atoms with Crippen molar-refractivity contribution in [3.05, 3.63) is 132 Å². The molecule has 46 heavy (non-hydrogen) atoms. The number of aryl methyl sites for hydroxylation is 3. The van der Waals surface area contributed by atoms with Gasteiger partial charge in [-0.25, -0.2) is 4.98 Å². The van der Waals surface area contributed by atoms with E-state index >= 15 is 0 Å². The van der Waals surface area contributed by atoms with E-state index in [2.05, 4.69) is 111 Å². The van der Waals surface area contributed by atoms with E-state index < -0.39 is 0 Å². The summed E-state index contributed by atoms with van der Waals surface area (Å²) >= 11 is 0. The number of ether oxygens (including phenoxy) is 1. The summed E-state index contributed by atoms with van der Waals surface area (Å²) < 4.78 is 10.4. The summed E-state index contributed by atoms with van der Waals surface area (Å²) in [6.07, 6.45) is 8.03. The van der Waals surface area contributed by atoms with E-state index in [1.807, 2.05) is 47.4 Å². The number of benzene rings is 4. The Morgan fingerprint density at radius 3 is 2.50 bits per heavy atom. The van der Waals surface area contributed by atoms with Crippen LogP contribution in [0.5, 0.6) is 11.5 Å². The Balaban J connectivity index is 0.00000372. The van der Waals surface area contributed by atoms with E-state index in [-0.39, 0.29) is 21.1 Å². The summed E-state index contributed by atoms with van der Waals surface area (Å²) in [5.74, 6) is 2.56. The van der Waals surface area contributed by atoms with Crippen molar-refractivity contribution < 1.29 is 25.8 Å². The van der Waals surface area contributed by atoms with Crippen LogP contribution in [0, 0.1) is 26.0 Å². The van der Waals surface area contributed by atoms with Crippen LogP contribution in [0.25, 0.3) is 44.4 Å². The van der Waals surface area contributed by atoms with Crippen LogP contribution in [0.1, 0.15) is 55.4 Å². The van der Waals surface area contributed by atoms with Crippen molar-refractivity contribution in [2.24, 2.45) is 0 Å². The van der Waals surface area contributed by atoms with Crippen LogP contribution in [0.4, 0.5) is 0 Å². The smallest absolute Gasteiger partial charge is 0.509 e. The first kappa shape index (κ1) is 31.5. The summed E-state index contributed by atoms with van der Waals surface area (Å²) in [5, 5.41) is 6.99. The molecule has 4 aromatic carbocycles. The zero-order valence-corrected chi connectivity index (χ0v) is 29.0. The Labute approximate surface area is 285 Å². The van der Waals surface area contributed by atoms with E-state index in [0.717, 1.165) is 57.3 Å². The van der Waals surface area contributed by atoms with Crippen LogP contribution in [0.15, 0.2) is 97.5 Å². The molecule has 0 unspecified atom stereocenters. The molecule has 3 heterocycles. The van der Waals surface area contributed by atoms with Gasteiger partial charge in [-0.1, -0.05) is 63.0 Å². The molecular formula is C40H36N4OPt. The second kappa shape index (κ2) is 13.1. The Hall–Kier alpha value is -4.47. The molecule has 0 aliphatic heterocycles. The van der Waals surface area contributed by atoms with Gasteiger partial charge >= 0.3 is 21.1 Å². The third-order valence-electron chi connectivity index (χ3n) is 8.40. The third-order valence-corrected chi connectivity index (χ3v) is 8.40. The number of rotatable bonds is 8. The van der Waals surface area contributed by atoms with E-state index in [1.54, 1.807) is 0 Å². The maximum Gasteiger partial charge on any atom is 2.00 e. The average Bonchev–Trinajstić information content (AvgIpc) is 3.64. The van der Waals surface area contributed by atoms with E-state index in [4.69, 9.17) is 9.84 Å². The molecule has 3 aromatic heterocycles. The summed E-state index contributed by atoms with van der Waals surface area (Å²) in [4.78, 5) is 4.68. The number of nitrogens with zero attached hydrogens (tertiary/aromatic N) is 4. The van der Waals surface area contributed by atoms with Gasteiger partial charge in [0, 0.05) is 35.0 Å². The molecule has 0 fully saturated rings. The van der Waals surface area contributed by atoms with Gasteiger partial charge in [-0.15, -0.1) is 35.7 Å². The van der Waals surface area contributed by atoms with Crippen molar-refractivity contribution in [2.45, 2.75) is 53.4 Å². The van der Waals surface area contributed by atoms with Crippen molar-refractivity contribution >= 4 is 21.8 Å². The summed E-state index contributed by atoms with van der Waals surface area (Å²) in [7, 11) is 0. The molecule has 0 aliphatic carbocycles. The second-order valence-corrected chi connectivity index (χ2v) is 12.1. The largest absolute Gasteiger partial charge is 2.00 e. The van der Waals surface area contributed by atoms with Crippen molar-refractivity contribution in [1.29, 1.82) is 0 Å². The van der Waals surface area contributed by atoms with Gasteiger partial charge in [-0.2, -0.15) is 17.2 Å². The molecule has 7 aromatic rings. The number of aromatic nitrogens is 4. The van der Waals surface area contributed by atoms with Crippen LogP contribution in [0.2, 0.25) is 0 Å². The molecule has 0 amide bonds. The topological polar surface area (TPSA) is 44.9 Å². The van der Waals surface area contributed by atoms with Crippen LogP contribution in [-0.2, 0) is 27.5 Å². The summed E-state index contributed by atoms with van der Waals surface area (Å²) in [5.41, 5.74) is 10.4. The Morgan fingerprint density at radius 1 is 0.870 bits per heavy atom. The van der Waals surface area contributed by atoms with Crippen molar-refractivity contribution in [3.63, 3.8) is 0 Å². The normalized spacial score (nSPS) is 11.3. The van der Waals surface area contributed by atoms with E-state index in [9.17, 15) is 0 Å². The molecule has 0 spiro atoms. The first-order chi connectivity index (χ1) is 21.9. The Kier molecular flexibility index (Phi) is 8.97. The zero-order chi connectivity index (χ0) is 31.1. The van der Waals surface area contributed by atoms with Gasteiger partial charge in [0.05, 0.1) is 6.20 Å². The quantitative estimate of drug-likeness (QED) is 0.144. The average molecular weight is 784 g/mol. The van der Waals surface area contributed by atoms with Gasteiger partial charge in [-0.3, -0.25) is 4.68 Å². The monoisotopic (exact) mass is 783 g/mol. The van der Waals surface area contributed by atoms with Gasteiger partial charge in [-0.05, 0) is 83.3 Å². The van der Waals surface area contributed by atoms with E-state index in [1.165, 1.54) is 22.3 Å². The van der Waals surface area contributed by atoms with Crippen molar-refractivity contribution in [2.75, 3.05) is 0 Å². The van der Waals surface area contributed by atoms with Gasteiger partial charge < -0.3 is 9.30 Å². The van der Waals surface area contributed by atoms with Gasteiger partial charge in [0.2, 0.25) is 0 Å². The minimum Gasteiger partial charge on any atom is -0.509 e. The molecule has 6 heteroatoms. The number of para-hydroxylation sites is 1. The Bertz CT molecular complexity index is 2170. The number of hydrogen-bond donors (Lipinski definition) is 0. The molecule has 0 aliphatic rings. The minimum atomic E-state index is 0. The van der Waals surface area contributed by atoms with Crippen LogP contribution in [-0.4, -0.2) is 19.3 Å². The summed E-state index contributed by atoms with van der Waals surface area (Å²) in [6.45, 7) is 11.0. The minimum absolute atomic E-state index is 0. The first-order valence-electron chi connectivity index (χ1n) is 15.7. The number of fused-ring (bicyclic) bond motifs is 3. The van der Waals surface area contributed by atoms with Gasteiger partial charge in [0.1, 0.15) is 5.82 Å². The van der Waals surface area contributed by atoms with Crippen LogP contribution >= 0.6 is 0 Å². The molecular weight excluding hydrogens is 748 g/mol. The maximum atomic E-state index is 6.37. The molecule has 0 radical (unpaired) electrons. The molecule has 0 bridgehead atoms. The molecule has 0 N–H and O–H groups in total. The fourth-order valence-corrected chi connectivity index (χ4v) is 6.25. The fourth-order valence-electron chi connectivity index (χ4n) is 6.25. The molecule has 5 nitrogen and oxygen atoms in total. The standard InChI is InChI=1S/C40H36N4O.Pt/c1-6-10-29-21-30(26(2)3)20-28(5)40(29)31-24-42-43(25-31)32-11-9-12-33(22-32)45-34-15-16-36-35-13-7-8-14-37(35)44(38(36)23-34)39-19-27(4)17-18-41-39;/h7-9,11-21,24-26H,6,10H2,1-5H3;/q-2;+2. The van der Waals surface area contributed by atoms with Gasteiger partial charge in [0.15, 0.2) is 0 Å². The predicted molar refractivity (Wildman–Crippen MR) is 183 cm³/mol. The Morgan fingerprint density at radius 2 is 1.70 bits per heavy atom. The number of pyridine rings is 1. The van der Waals surface area contributed by atoms with Crippen LogP contribution < -0.4 is 4.74 Å². The molecule has 0 saturated heterocycles. The molecule has 232 valence electrons. The van der Waals surface area contributed by atoms with Crippen LogP contribution in [0.3, 0.4) is 0 Å². The number of hydrogen-bond acceptors (Lipinski definition) is 3. The van der Waals surface area contributed by atoms with Gasteiger partial charge in [0.25, 0.3) is 0 Å². The molecule has 7 rings (SSSR count). The van der Waals surface area contributed by atoms with Crippen molar-refractivity contribution in [1.82, 2.24) is 19.3 Å². The molecule has 0 saturated carbocycles. The maximum absolute atomic E-state index is 6.37. The SMILES string of the molecule is CCCc1cc(C(C)C)cc(C)c1-c1cnn(-c2[c-]c(Oc3[c-]c4c(cc3)c3ccccc3n4-c3cc(C)ccn3)ccc2)c1.[Pt+2]. The predicted octanol–water partition coefficient (Wildman–Crippen LogP) is 10.1. The van der Waals surface area contributed by atoms with Crippen molar-refractivity contribution in [3.8, 4) is 34.1 Å². The zero-order valence-electron chi connectivity index (χ0n) is 26.7.